The van der Waals surface area contributed by atoms with Crippen LogP contribution in [0.1, 0.15) is 32.1 Å². The van der Waals surface area contributed by atoms with Gasteiger partial charge in [-0.15, -0.1) is 0 Å². The molecule has 6 heteroatoms. The molecule has 3 N–H and O–H groups in total. The lowest BCUT2D eigenvalue weighted by molar-refractivity contribution is -0.133. The highest BCUT2D eigenvalue weighted by atomic mass is 16.2. The van der Waals surface area contributed by atoms with E-state index in [1.165, 1.54) is 12.8 Å². The Bertz CT molecular complexity index is 309. The molecule has 0 bridgehead atoms. The van der Waals surface area contributed by atoms with Gasteiger partial charge in [-0.25, -0.2) is 5.84 Å². The summed E-state index contributed by atoms with van der Waals surface area (Å²) in [5.41, 5.74) is 2.07. The van der Waals surface area contributed by atoms with Crippen molar-refractivity contribution >= 4 is 11.8 Å². The molecule has 0 aromatic heterocycles. The molecule has 1 saturated heterocycles. The maximum absolute atomic E-state index is 11.9. The van der Waals surface area contributed by atoms with E-state index >= 15 is 0 Å². The molecule has 0 spiro atoms. The van der Waals surface area contributed by atoms with Gasteiger partial charge in [-0.1, -0.05) is 0 Å². The molecule has 0 aromatic rings. The lowest BCUT2D eigenvalue weighted by Gasteiger charge is -2.34. The third-order valence-electron chi connectivity index (χ3n) is 3.69. The minimum Gasteiger partial charge on any atom is -0.340 e. The van der Waals surface area contributed by atoms with Gasteiger partial charge in [-0.3, -0.25) is 19.9 Å². The summed E-state index contributed by atoms with van der Waals surface area (Å²) >= 11 is 0. The first-order valence-electron chi connectivity index (χ1n) is 6.72. The summed E-state index contributed by atoms with van der Waals surface area (Å²) in [4.78, 5) is 27.2. The number of hydrogen-bond donors (Lipinski definition) is 2. The summed E-state index contributed by atoms with van der Waals surface area (Å²) in [6.07, 6.45) is 3.98. The molecule has 0 radical (unpaired) electrons. The minimum atomic E-state index is -0.207. The summed E-state index contributed by atoms with van der Waals surface area (Å²) in [5, 5.41) is 0. The molecule has 2 aliphatic rings. The highest BCUT2D eigenvalue weighted by Gasteiger charge is 2.31. The van der Waals surface area contributed by atoms with Crippen LogP contribution in [-0.2, 0) is 9.59 Å². The largest absolute Gasteiger partial charge is 0.340 e. The number of amides is 2. The highest BCUT2D eigenvalue weighted by molar-refractivity contribution is 5.78. The van der Waals surface area contributed by atoms with Gasteiger partial charge in [0.05, 0.1) is 0 Å². The maximum Gasteiger partial charge on any atom is 0.233 e. The van der Waals surface area contributed by atoms with Crippen molar-refractivity contribution in [1.82, 2.24) is 15.2 Å². The van der Waals surface area contributed by atoms with Crippen molar-refractivity contribution in [2.24, 2.45) is 5.84 Å². The van der Waals surface area contributed by atoms with Crippen LogP contribution in [0.5, 0.6) is 0 Å². The Morgan fingerprint density at radius 2 is 1.78 bits per heavy atom. The molecule has 18 heavy (non-hydrogen) atoms. The number of rotatable bonds is 5. The Morgan fingerprint density at radius 1 is 1.11 bits per heavy atom. The fourth-order valence-corrected chi connectivity index (χ4v) is 2.41. The van der Waals surface area contributed by atoms with E-state index in [2.05, 4.69) is 10.3 Å². The summed E-state index contributed by atoms with van der Waals surface area (Å²) < 4.78 is 0. The Labute approximate surface area is 107 Å². The van der Waals surface area contributed by atoms with E-state index < -0.39 is 0 Å². The molecule has 2 amide bonds. The van der Waals surface area contributed by atoms with Crippen LogP contribution in [0.3, 0.4) is 0 Å². The van der Waals surface area contributed by atoms with Crippen molar-refractivity contribution in [1.29, 1.82) is 0 Å². The van der Waals surface area contributed by atoms with E-state index in [9.17, 15) is 9.59 Å². The molecule has 2 rings (SSSR count). The molecule has 0 aromatic carbocycles. The van der Waals surface area contributed by atoms with E-state index in [0.717, 1.165) is 32.2 Å². The number of nitrogens with two attached hydrogens (primary N) is 1. The Hall–Kier alpha value is -1.14. The monoisotopic (exact) mass is 254 g/mol. The molecule has 6 nitrogen and oxygen atoms in total. The number of hydrazine groups is 1. The Kier molecular flexibility index (Phi) is 4.54. The van der Waals surface area contributed by atoms with Crippen LogP contribution in [0.25, 0.3) is 0 Å². The molecule has 0 unspecified atom stereocenters. The third kappa shape index (κ3) is 3.68. The molecule has 0 atom stereocenters. The van der Waals surface area contributed by atoms with Crippen molar-refractivity contribution in [3.63, 3.8) is 0 Å². The quantitative estimate of drug-likeness (QED) is 0.392. The first-order valence-corrected chi connectivity index (χ1v) is 6.72. The van der Waals surface area contributed by atoms with Gasteiger partial charge in [0.1, 0.15) is 0 Å². The van der Waals surface area contributed by atoms with Gasteiger partial charge < -0.3 is 4.90 Å². The molecule has 1 saturated carbocycles. The van der Waals surface area contributed by atoms with E-state index in [1.54, 1.807) is 0 Å². The molecule has 2 fully saturated rings. The fourth-order valence-electron chi connectivity index (χ4n) is 2.41. The van der Waals surface area contributed by atoms with Crippen LogP contribution in [-0.4, -0.2) is 53.8 Å². The summed E-state index contributed by atoms with van der Waals surface area (Å²) in [6.45, 7) is 3.66. The average Bonchev–Trinajstić information content (AvgIpc) is 3.23. The smallest absolute Gasteiger partial charge is 0.233 e. The van der Waals surface area contributed by atoms with Gasteiger partial charge in [0.15, 0.2) is 0 Å². The first-order chi connectivity index (χ1) is 8.70. The van der Waals surface area contributed by atoms with E-state index in [1.807, 2.05) is 4.90 Å². The van der Waals surface area contributed by atoms with E-state index in [0.29, 0.717) is 19.3 Å². The lowest BCUT2D eigenvalue weighted by Crippen LogP contribution is -2.49. The molecule has 1 aliphatic heterocycles. The second-order valence-corrected chi connectivity index (χ2v) is 5.07. The topological polar surface area (TPSA) is 78.7 Å². The fraction of sp³-hybridized carbons (Fsp3) is 0.833. The van der Waals surface area contributed by atoms with Gasteiger partial charge in [0, 0.05) is 45.1 Å². The number of piperazine rings is 1. The standard InChI is InChI=1S/C12H22N4O2/c13-14-11(17)2-1-3-12(18)16-8-6-15(7-9-16)10-4-5-10/h10H,1-9,13H2,(H,14,17). The SMILES string of the molecule is NNC(=O)CCCC(=O)N1CCN(C2CC2)CC1. The zero-order valence-corrected chi connectivity index (χ0v) is 10.7. The summed E-state index contributed by atoms with van der Waals surface area (Å²) in [5.74, 6) is 4.94. The molecule has 102 valence electrons. The Balaban J connectivity index is 1.62. The van der Waals surface area contributed by atoms with Crippen molar-refractivity contribution in [3.8, 4) is 0 Å². The van der Waals surface area contributed by atoms with Crippen LogP contribution >= 0.6 is 0 Å². The second kappa shape index (κ2) is 6.15. The zero-order chi connectivity index (χ0) is 13.0. The highest BCUT2D eigenvalue weighted by Crippen LogP contribution is 2.27. The van der Waals surface area contributed by atoms with Gasteiger partial charge in [-0.2, -0.15) is 0 Å². The lowest BCUT2D eigenvalue weighted by atomic mass is 10.2. The van der Waals surface area contributed by atoms with Crippen molar-refractivity contribution in [2.75, 3.05) is 26.2 Å². The summed E-state index contributed by atoms with van der Waals surface area (Å²) in [7, 11) is 0. The predicted octanol–water partition coefficient (Wildman–Crippen LogP) is -0.547. The number of nitrogens with one attached hydrogen (secondary N) is 1. The van der Waals surface area contributed by atoms with E-state index in [4.69, 9.17) is 5.84 Å². The number of nitrogens with zero attached hydrogens (tertiary/aromatic N) is 2. The second-order valence-electron chi connectivity index (χ2n) is 5.07. The average molecular weight is 254 g/mol. The van der Waals surface area contributed by atoms with Gasteiger partial charge in [-0.05, 0) is 19.3 Å². The molecular weight excluding hydrogens is 232 g/mol. The molecule has 1 aliphatic carbocycles. The zero-order valence-electron chi connectivity index (χ0n) is 10.7. The number of carbonyl (C=O) groups excluding carboxylic acids is 2. The van der Waals surface area contributed by atoms with Crippen LogP contribution in [0, 0.1) is 0 Å². The van der Waals surface area contributed by atoms with Crippen LogP contribution in [0.4, 0.5) is 0 Å². The van der Waals surface area contributed by atoms with Gasteiger partial charge >= 0.3 is 0 Å². The first kappa shape index (κ1) is 13.3. The normalized spacial score (nSPS) is 20.8. The van der Waals surface area contributed by atoms with Crippen LogP contribution < -0.4 is 11.3 Å². The number of carbonyl (C=O) groups is 2. The molecule has 1 heterocycles. The van der Waals surface area contributed by atoms with Crippen molar-refractivity contribution in [3.05, 3.63) is 0 Å². The maximum atomic E-state index is 11.9. The third-order valence-corrected chi connectivity index (χ3v) is 3.69. The van der Waals surface area contributed by atoms with Gasteiger partial charge in [0.25, 0.3) is 0 Å². The predicted molar refractivity (Wildman–Crippen MR) is 67.4 cm³/mol. The number of hydrogen-bond acceptors (Lipinski definition) is 4. The van der Waals surface area contributed by atoms with Crippen molar-refractivity contribution in [2.45, 2.75) is 38.1 Å². The summed E-state index contributed by atoms with van der Waals surface area (Å²) in [6, 6.07) is 0.788. The molecular formula is C12H22N4O2. The Morgan fingerprint density at radius 3 is 2.33 bits per heavy atom. The van der Waals surface area contributed by atoms with Crippen LogP contribution in [0.2, 0.25) is 0 Å². The van der Waals surface area contributed by atoms with Crippen LogP contribution in [0.15, 0.2) is 0 Å². The minimum absolute atomic E-state index is 0.162. The van der Waals surface area contributed by atoms with Crippen molar-refractivity contribution < 1.29 is 9.59 Å². The van der Waals surface area contributed by atoms with E-state index in [-0.39, 0.29) is 11.8 Å². The van der Waals surface area contributed by atoms with Gasteiger partial charge in [0.2, 0.25) is 11.8 Å².